The normalized spacial score (nSPS) is 13.7. The Hall–Kier alpha value is -1.52. The Morgan fingerprint density at radius 2 is 2.07 bits per heavy atom. The fraction of sp³-hybridized carbons (Fsp3) is 0.600. The highest BCUT2D eigenvalue weighted by molar-refractivity contribution is 5.74. The number of rotatable bonds is 6. The molecule has 2 amide bonds. The van der Waals surface area contributed by atoms with Crippen molar-refractivity contribution in [1.29, 1.82) is 0 Å². The predicted molar refractivity (Wildman–Crippen MR) is 57.6 cm³/mol. The second kappa shape index (κ2) is 6.86. The molecule has 0 spiro atoms. The van der Waals surface area contributed by atoms with Gasteiger partial charge < -0.3 is 15.7 Å². The molecule has 0 saturated carbocycles. The van der Waals surface area contributed by atoms with E-state index in [1.165, 1.54) is 0 Å². The first kappa shape index (κ1) is 13.5. The predicted octanol–water partition coefficient (Wildman–Crippen LogP) is 0.971. The van der Waals surface area contributed by atoms with Gasteiger partial charge in [0.1, 0.15) is 0 Å². The van der Waals surface area contributed by atoms with Crippen molar-refractivity contribution in [2.24, 2.45) is 5.92 Å². The van der Waals surface area contributed by atoms with Crippen LogP contribution >= 0.6 is 0 Å². The minimum atomic E-state index is -0.850. The van der Waals surface area contributed by atoms with E-state index in [-0.39, 0.29) is 12.1 Å². The van der Waals surface area contributed by atoms with Gasteiger partial charge in [-0.25, -0.2) is 4.79 Å². The third-order valence-corrected chi connectivity index (χ3v) is 2.00. The average molecular weight is 214 g/mol. The van der Waals surface area contributed by atoms with Gasteiger partial charge in [-0.3, -0.25) is 4.79 Å². The van der Waals surface area contributed by atoms with E-state index in [2.05, 4.69) is 17.2 Å². The highest BCUT2D eigenvalue weighted by atomic mass is 16.4. The second-order valence-electron chi connectivity index (χ2n) is 3.45. The van der Waals surface area contributed by atoms with Crippen LogP contribution in [0.4, 0.5) is 4.79 Å². The first-order chi connectivity index (χ1) is 6.97. The zero-order valence-electron chi connectivity index (χ0n) is 9.12. The van der Waals surface area contributed by atoms with E-state index < -0.39 is 11.9 Å². The van der Waals surface area contributed by atoms with Gasteiger partial charge in [-0.15, -0.1) is 6.58 Å². The standard InChI is InChI=1S/C10H18N2O3/c1-4-8(3)12-10(15)11-6-5-7(2)9(13)14/h4,7-8H,1,5-6H2,2-3H3,(H,13,14)(H2,11,12,15). The van der Waals surface area contributed by atoms with Gasteiger partial charge in [0.05, 0.1) is 5.92 Å². The SMILES string of the molecule is C=CC(C)NC(=O)NCCC(C)C(=O)O. The molecule has 2 unspecified atom stereocenters. The minimum Gasteiger partial charge on any atom is -0.481 e. The second-order valence-corrected chi connectivity index (χ2v) is 3.45. The largest absolute Gasteiger partial charge is 0.481 e. The van der Waals surface area contributed by atoms with Crippen LogP contribution in [0, 0.1) is 5.92 Å². The van der Waals surface area contributed by atoms with E-state index in [4.69, 9.17) is 5.11 Å². The van der Waals surface area contributed by atoms with Crippen molar-refractivity contribution in [3.8, 4) is 0 Å². The summed E-state index contributed by atoms with van der Waals surface area (Å²) in [6.07, 6.45) is 2.03. The number of aliphatic carboxylic acids is 1. The Bertz CT molecular complexity index is 241. The molecule has 0 aliphatic carbocycles. The summed E-state index contributed by atoms with van der Waals surface area (Å²) in [5.74, 6) is -1.29. The number of hydrogen-bond acceptors (Lipinski definition) is 2. The number of carboxylic acid groups (broad SMARTS) is 1. The van der Waals surface area contributed by atoms with Gasteiger partial charge in [0, 0.05) is 12.6 Å². The van der Waals surface area contributed by atoms with Crippen LogP contribution in [0.15, 0.2) is 12.7 Å². The van der Waals surface area contributed by atoms with Crippen LogP contribution in [-0.2, 0) is 4.79 Å². The van der Waals surface area contributed by atoms with Crippen LogP contribution in [0.3, 0.4) is 0 Å². The maximum atomic E-state index is 11.1. The number of carbonyl (C=O) groups is 2. The van der Waals surface area contributed by atoms with E-state index in [1.807, 2.05) is 0 Å². The molecule has 0 rings (SSSR count). The Kier molecular flexibility index (Phi) is 6.17. The number of nitrogens with one attached hydrogen (secondary N) is 2. The molecule has 0 aliphatic rings. The molecular formula is C10H18N2O3. The summed E-state index contributed by atoms with van der Waals surface area (Å²) < 4.78 is 0. The molecule has 0 bridgehead atoms. The van der Waals surface area contributed by atoms with Gasteiger partial charge >= 0.3 is 12.0 Å². The summed E-state index contributed by atoms with van der Waals surface area (Å²) in [5.41, 5.74) is 0. The van der Waals surface area contributed by atoms with Crippen LogP contribution in [-0.4, -0.2) is 29.7 Å². The highest BCUT2D eigenvalue weighted by Gasteiger charge is 2.10. The Morgan fingerprint density at radius 1 is 1.47 bits per heavy atom. The van der Waals surface area contributed by atoms with Crippen LogP contribution in [0.1, 0.15) is 20.3 Å². The first-order valence-electron chi connectivity index (χ1n) is 4.87. The molecule has 0 aromatic rings. The number of urea groups is 1. The maximum Gasteiger partial charge on any atom is 0.315 e. The number of carbonyl (C=O) groups excluding carboxylic acids is 1. The zero-order valence-corrected chi connectivity index (χ0v) is 9.12. The molecule has 5 nitrogen and oxygen atoms in total. The van der Waals surface area contributed by atoms with E-state index >= 15 is 0 Å². The lowest BCUT2D eigenvalue weighted by Crippen LogP contribution is -2.40. The molecule has 5 heteroatoms. The van der Waals surface area contributed by atoms with Gasteiger partial charge in [0.15, 0.2) is 0 Å². The number of amides is 2. The molecule has 0 radical (unpaired) electrons. The zero-order chi connectivity index (χ0) is 11.8. The molecule has 3 N–H and O–H groups in total. The van der Waals surface area contributed by atoms with Crippen LogP contribution in [0.25, 0.3) is 0 Å². The van der Waals surface area contributed by atoms with Gasteiger partial charge in [0.2, 0.25) is 0 Å². The van der Waals surface area contributed by atoms with Crippen molar-refractivity contribution in [3.63, 3.8) is 0 Å². The first-order valence-corrected chi connectivity index (χ1v) is 4.87. The van der Waals surface area contributed by atoms with Crippen molar-refractivity contribution in [1.82, 2.24) is 10.6 Å². The lowest BCUT2D eigenvalue weighted by atomic mass is 10.1. The molecular weight excluding hydrogens is 196 g/mol. The van der Waals surface area contributed by atoms with Crippen molar-refractivity contribution in [2.45, 2.75) is 26.3 Å². The Labute approximate surface area is 89.6 Å². The lowest BCUT2D eigenvalue weighted by molar-refractivity contribution is -0.141. The third-order valence-electron chi connectivity index (χ3n) is 2.00. The summed E-state index contributed by atoms with van der Waals surface area (Å²) in [5, 5.41) is 13.8. The minimum absolute atomic E-state index is 0.0955. The van der Waals surface area contributed by atoms with Gasteiger partial charge in [-0.1, -0.05) is 13.0 Å². The maximum absolute atomic E-state index is 11.1. The fourth-order valence-electron chi connectivity index (χ4n) is 0.842. The van der Waals surface area contributed by atoms with Crippen LogP contribution in [0.5, 0.6) is 0 Å². The smallest absolute Gasteiger partial charge is 0.315 e. The summed E-state index contributed by atoms with van der Waals surface area (Å²) in [6.45, 7) is 7.28. The molecule has 86 valence electrons. The van der Waals surface area contributed by atoms with Crippen LogP contribution in [0.2, 0.25) is 0 Å². The highest BCUT2D eigenvalue weighted by Crippen LogP contribution is 1.99. The summed E-state index contributed by atoms with van der Waals surface area (Å²) in [7, 11) is 0. The lowest BCUT2D eigenvalue weighted by Gasteiger charge is -2.11. The third kappa shape index (κ3) is 6.54. The molecule has 0 fully saturated rings. The molecule has 2 atom stereocenters. The quantitative estimate of drug-likeness (QED) is 0.576. The number of carboxylic acids is 1. The molecule has 0 saturated heterocycles. The van der Waals surface area contributed by atoms with Crippen molar-refractivity contribution in [2.75, 3.05) is 6.54 Å². The van der Waals surface area contributed by atoms with Crippen molar-refractivity contribution in [3.05, 3.63) is 12.7 Å². The monoisotopic (exact) mass is 214 g/mol. The van der Waals surface area contributed by atoms with Gasteiger partial charge in [-0.05, 0) is 13.3 Å². The average Bonchev–Trinajstić information content (AvgIpc) is 2.17. The topological polar surface area (TPSA) is 78.4 Å². The molecule has 0 aromatic heterocycles. The molecule has 0 aliphatic heterocycles. The van der Waals surface area contributed by atoms with Crippen molar-refractivity contribution >= 4 is 12.0 Å². The fourth-order valence-corrected chi connectivity index (χ4v) is 0.842. The summed E-state index contributed by atoms with van der Waals surface area (Å²) in [6, 6.07) is -0.401. The van der Waals surface area contributed by atoms with Crippen LogP contribution < -0.4 is 10.6 Å². The summed E-state index contributed by atoms with van der Waals surface area (Å²) in [4.78, 5) is 21.6. The molecule has 0 heterocycles. The van der Waals surface area contributed by atoms with Crippen molar-refractivity contribution < 1.29 is 14.7 Å². The number of hydrogen-bond donors (Lipinski definition) is 3. The van der Waals surface area contributed by atoms with E-state index in [9.17, 15) is 9.59 Å². The Balaban J connectivity index is 3.63. The Morgan fingerprint density at radius 3 is 2.53 bits per heavy atom. The summed E-state index contributed by atoms with van der Waals surface area (Å²) >= 11 is 0. The molecule has 15 heavy (non-hydrogen) atoms. The van der Waals surface area contributed by atoms with E-state index in [0.717, 1.165) is 0 Å². The van der Waals surface area contributed by atoms with Gasteiger partial charge in [-0.2, -0.15) is 0 Å². The van der Waals surface area contributed by atoms with E-state index in [1.54, 1.807) is 19.9 Å². The molecule has 0 aromatic carbocycles. The van der Waals surface area contributed by atoms with E-state index in [0.29, 0.717) is 13.0 Å². The van der Waals surface area contributed by atoms with Gasteiger partial charge in [0.25, 0.3) is 0 Å².